The van der Waals surface area contributed by atoms with Crippen LogP contribution in [0.5, 0.6) is 0 Å². The lowest BCUT2D eigenvalue weighted by molar-refractivity contribution is 0.569. The standard InChI is InChI=1S/C10H19N5/c1-2-6-15-10(9-12-13-15)14-7-3-4-11-5-8-14/h9,11H,2-8H2,1H3. The van der Waals surface area contributed by atoms with Crippen LogP contribution in [-0.2, 0) is 6.54 Å². The van der Waals surface area contributed by atoms with E-state index >= 15 is 0 Å². The molecule has 0 amide bonds. The lowest BCUT2D eigenvalue weighted by atomic mass is 10.4. The van der Waals surface area contributed by atoms with Gasteiger partial charge in [-0.2, -0.15) is 0 Å². The third kappa shape index (κ3) is 2.47. The molecule has 0 aliphatic carbocycles. The summed E-state index contributed by atoms with van der Waals surface area (Å²) in [5.41, 5.74) is 0. The summed E-state index contributed by atoms with van der Waals surface area (Å²) in [4.78, 5) is 2.37. The van der Waals surface area contributed by atoms with Crippen LogP contribution in [0.15, 0.2) is 6.20 Å². The van der Waals surface area contributed by atoms with Crippen LogP contribution in [-0.4, -0.2) is 41.2 Å². The predicted molar refractivity (Wildman–Crippen MR) is 60.0 cm³/mol. The zero-order chi connectivity index (χ0) is 10.5. The molecule has 0 atom stereocenters. The second kappa shape index (κ2) is 5.11. The predicted octanol–water partition coefficient (Wildman–Crippen LogP) is 0.488. The molecule has 84 valence electrons. The van der Waals surface area contributed by atoms with Crippen molar-refractivity contribution in [1.82, 2.24) is 20.3 Å². The molecule has 5 nitrogen and oxygen atoms in total. The maximum absolute atomic E-state index is 4.12. The van der Waals surface area contributed by atoms with Gasteiger partial charge in [-0.3, -0.25) is 0 Å². The largest absolute Gasteiger partial charge is 0.354 e. The Balaban J connectivity index is 2.08. The van der Waals surface area contributed by atoms with E-state index < -0.39 is 0 Å². The third-order valence-electron chi connectivity index (χ3n) is 2.70. The summed E-state index contributed by atoms with van der Waals surface area (Å²) < 4.78 is 2.01. The van der Waals surface area contributed by atoms with Gasteiger partial charge in [-0.05, 0) is 19.4 Å². The Bertz CT molecular complexity index is 288. The number of aromatic nitrogens is 3. The molecule has 1 aromatic rings. The van der Waals surface area contributed by atoms with Gasteiger partial charge < -0.3 is 10.2 Å². The molecule has 1 fully saturated rings. The van der Waals surface area contributed by atoms with Crippen molar-refractivity contribution < 1.29 is 0 Å². The monoisotopic (exact) mass is 209 g/mol. The summed E-state index contributed by atoms with van der Waals surface area (Å²) in [5.74, 6) is 1.17. The van der Waals surface area contributed by atoms with Crippen molar-refractivity contribution in [3.8, 4) is 0 Å². The van der Waals surface area contributed by atoms with Crippen molar-refractivity contribution in [2.45, 2.75) is 26.3 Å². The Labute approximate surface area is 90.5 Å². The maximum Gasteiger partial charge on any atom is 0.147 e. The molecule has 0 spiro atoms. The lowest BCUT2D eigenvalue weighted by Gasteiger charge is -2.21. The zero-order valence-electron chi connectivity index (χ0n) is 9.32. The summed E-state index contributed by atoms with van der Waals surface area (Å²) in [7, 11) is 0. The van der Waals surface area contributed by atoms with Crippen LogP contribution in [0, 0.1) is 0 Å². The van der Waals surface area contributed by atoms with Crippen LogP contribution < -0.4 is 10.2 Å². The molecule has 2 heterocycles. The van der Waals surface area contributed by atoms with E-state index in [1.165, 1.54) is 12.2 Å². The number of rotatable bonds is 3. The van der Waals surface area contributed by atoms with Gasteiger partial charge >= 0.3 is 0 Å². The van der Waals surface area contributed by atoms with E-state index in [-0.39, 0.29) is 0 Å². The van der Waals surface area contributed by atoms with Crippen LogP contribution in [0.4, 0.5) is 5.82 Å². The second-order valence-electron chi connectivity index (χ2n) is 3.91. The fraction of sp³-hybridized carbons (Fsp3) is 0.800. The fourth-order valence-corrected chi connectivity index (χ4v) is 1.94. The van der Waals surface area contributed by atoms with Crippen LogP contribution in [0.3, 0.4) is 0 Å². The summed E-state index contributed by atoms with van der Waals surface area (Å²) in [6, 6.07) is 0. The minimum absolute atomic E-state index is 0.958. The molecule has 1 saturated heterocycles. The first-order chi connectivity index (χ1) is 7.42. The van der Waals surface area contributed by atoms with Gasteiger partial charge in [-0.1, -0.05) is 12.1 Å². The lowest BCUT2D eigenvalue weighted by Crippen LogP contribution is -2.29. The highest BCUT2D eigenvalue weighted by molar-refractivity contribution is 5.36. The van der Waals surface area contributed by atoms with E-state index in [0.717, 1.165) is 39.1 Å². The SMILES string of the molecule is CCCn1nncc1N1CCCNCC1. The van der Waals surface area contributed by atoms with Crippen molar-refractivity contribution in [2.24, 2.45) is 0 Å². The molecule has 0 unspecified atom stereocenters. The van der Waals surface area contributed by atoms with Gasteiger partial charge in [-0.25, -0.2) is 4.68 Å². The van der Waals surface area contributed by atoms with E-state index in [1.54, 1.807) is 0 Å². The fourth-order valence-electron chi connectivity index (χ4n) is 1.94. The van der Waals surface area contributed by atoms with Gasteiger partial charge in [0.05, 0.1) is 6.20 Å². The van der Waals surface area contributed by atoms with E-state index in [2.05, 4.69) is 27.5 Å². The molecule has 0 saturated carbocycles. The first-order valence-corrected chi connectivity index (χ1v) is 5.76. The molecular weight excluding hydrogens is 190 g/mol. The molecular formula is C10H19N5. The quantitative estimate of drug-likeness (QED) is 0.787. The van der Waals surface area contributed by atoms with Crippen molar-refractivity contribution in [3.63, 3.8) is 0 Å². The molecule has 1 aromatic heterocycles. The van der Waals surface area contributed by atoms with Crippen LogP contribution >= 0.6 is 0 Å². The molecule has 5 heteroatoms. The van der Waals surface area contributed by atoms with Crippen LogP contribution in [0.25, 0.3) is 0 Å². The molecule has 2 rings (SSSR count). The Morgan fingerprint density at radius 3 is 3.20 bits per heavy atom. The highest BCUT2D eigenvalue weighted by Crippen LogP contribution is 2.13. The van der Waals surface area contributed by atoms with Gasteiger partial charge in [0.15, 0.2) is 0 Å². The minimum Gasteiger partial charge on any atom is -0.354 e. The number of hydrogen-bond donors (Lipinski definition) is 1. The molecule has 0 bridgehead atoms. The first-order valence-electron chi connectivity index (χ1n) is 5.76. The number of hydrogen-bond acceptors (Lipinski definition) is 4. The van der Waals surface area contributed by atoms with Gasteiger partial charge in [0.2, 0.25) is 0 Å². The zero-order valence-corrected chi connectivity index (χ0v) is 9.32. The molecule has 15 heavy (non-hydrogen) atoms. The summed E-state index contributed by atoms with van der Waals surface area (Å²) in [6.07, 6.45) is 4.17. The topological polar surface area (TPSA) is 46.0 Å². The van der Waals surface area contributed by atoms with Gasteiger partial charge in [-0.15, -0.1) is 5.10 Å². The maximum atomic E-state index is 4.12. The van der Waals surface area contributed by atoms with Crippen molar-refractivity contribution in [2.75, 3.05) is 31.1 Å². The van der Waals surface area contributed by atoms with E-state index in [4.69, 9.17) is 0 Å². The number of nitrogens with one attached hydrogen (secondary N) is 1. The second-order valence-corrected chi connectivity index (χ2v) is 3.91. The number of anilines is 1. The molecule has 0 aromatic carbocycles. The van der Waals surface area contributed by atoms with Gasteiger partial charge in [0.25, 0.3) is 0 Å². The Morgan fingerprint density at radius 2 is 2.33 bits per heavy atom. The van der Waals surface area contributed by atoms with Gasteiger partial charge in [0.1, 0.15) is 5.82 Å². The smallest absolute Gasteiger partial charge is 0.147 e. The third-order valence-corrected chi connectivity index (χ3v) is 2.70. The van der Waals surface area contributed by atoms with Crippen molar-refractivity contribution in [1.29, 1.82) is 0 Å². The summed E-state index contributed by atoms with van der Waals surface area (Å²) in [6.45, 7) is 7.44. The van der Waals surface area contributed by atoms with Gasteiger partial charge in [0, 0.05) is 26.2 Å². The Hall–Kier alpha value is -1.10. The number of aryl methyl sites for hydroxylation is 1. The average molecular weight is 209 g/mol. The van der Waals surface area contributed by atoms with Crippen LogP contribution in [0.2, 0.25) is 0 Å². The average Bonchev–Trinajstić information content (AvgIpc) is 2.53. The molecule has 1 aliphatic rings. The summed E-state index contributed by atoms with van der Waals surface area (Å²) in [5, 5.41) is 11.5. The minimum atomic E-state index is 0.958. The summed E-state index contributed by atoms with van der Waals surface area (Å²) >= 11 is 0. The Kier molecular flexibility index (Phi) is 3.55. The van der Waals surface area contributed by atoms with E-state index in [9.17, 15) is 0 Å². The number of nitrogens with zero attached hydrogens (tertiary/aromatic N) is 4. The van der Waals surface area contributed by atoms with Crippen molar-refractivity contribution in [3.05, 3.63) is 6.20 Å². The first kappa shape index (κ1) is 10.4. The van der Waals surface area contributed by atoms with E-state index in [1.807, 2.05) is 10.9 Å². The highest BCUT2D eigenvalue weighted by Gasteiger charge is 2.13. The van der Waals surface area contributed by atoms with E-state index in [0.29, 0.717) is 0 Å². The highest BCUT2D eigenvalue weighted by atomic mass is 15.5. The normalized spacial score (nSPS) is 17.8. The Morgan fingerprint density at radius 1 is 1.40 bits per heavy atom. The van der Waals surface area contributed by atoms with Crippen LogP contribution in [0.1, 0.15) is 19.8 Å². The van der Waals surface area contributed by atoms with Crippen molar-refractivity contribution >= 4 is 5.82 Å². The molecule has 1 N–H and O–H groups in total. The molecule has 0 radical (unpaired) electrons. The molecule has 1 aliphatic heterocycles.